The van der Waals surface area contributed by atoms with Crippen LogP contribution >= 0.6 is 0 Å². The van der Waals surface area contributed by atoms with Gasteiger partial charge in [0.15, 0.2) is 5.79 Å². The second-order valence-electron chi connectivity index (χ2n) is 2.37. The standard InChI is InChI=1S/C6H15NO2/c1-4-7-5(2)6(3,8)9/h5,7-9H,4H2,1-3H3. The molecule has 0 aliphatic carbocycles. The Morgan fingerprint density at radius 1 is 1.56 bits per heavy atom. The largest absolute Gasteiger partial charge is 0.365 e. The summed E-state index contributed by atoms with van der Waals surface area (Å²) >= 11 is 0. The Labute approximate surface area is 55.7 Å². The molecule has 0 spiro atoms. The third-order valence-corrected chi connectivity index (χ3v) is 1.33. The third-order valence-electron chi connectivity index (χ3n) is 1.33. The van der Waals surface area contributed by atoms with E-state index in [1.165, 1.54) is 6.92 Å². The fraction of sp³-hybridized carbons (Fsp3) is 1.00. The molecule has 0 bridgehead atoms. The van der Waals surface area contributed by atoms with Crippen LogP contribution in [0.5, 0.6) is 0 Å². The van der Waals surface area contributed by atoms with Crippen molar-refractivity contribution in [2.75, 3.05) is 6.54 Å². The molecule has 0 radical (unpaired) electrons. The zero-order valence-electron chi connectivity index (χ0n) is 6.18. The van der Waals surface area contributed by atoms with Gasteiger partial charge in [0.05, 0.1) is 6.04 Å². The predicted molar refractivity (Wildman–Crippen MR) is 36.0 cm³/mol. The molecule has 0 saturated heterocycles. The lowest BCUT2D eigenvalue weighted by atomic mass is 10.1. The third kappa shape index (κ3) is 3.46. The molecule has 0 heterocycles. The summed E-state index contributed by atoms with van der Waals surface area (Å²) in [6.45, 7) is 5.75. The molecule has 0 saturated carbocycles. The zero-order valence-corrected chi connectivity index (χ0v) is 6.18. The molecule has 0 aliphatic rings. The first-order valence-electron chi connectivity index (χ1n) is 3.16. The summed E-state index contributed by atoms with van der Waals surface area (Å²) in [6.07, 6.45) is 0. The Bertz CT molecular complexity index is 77.6. The maximum absolute atomic E-state index is 8.91. The average Bonchev–Trinajstić information content (AvgIpc) is 1.64. The highest BCUT2D eigenvalue weighted by atomic mass is 16.5. The van der Waals surface area contributed by atoms with Crippen LogP contribution in [0.25, 0.3) is 0 Å². The van der Waals surface area contributed by atoms with Crippen LogP contribution in [0.1, 0.15) is 20.8 Å². The van der Waals surface area contributed by atoms with Gasteiger partial charge in [-0.15, -0.1) is 0 Å². The van der Waals surface area contributed by atoms with Gasteiger partial charge in [-0.1, -0.05) is 6.92 Å². The fourth-order valence-corrected chi connectivity index (χ4v) is 0.500. The van der Waals surface area contributed by atoms with Crippen molar-refractivity contribution in [1.29, 1.82) is 0 Å². The molecule has 0 amide bonds. The molecule has 3 nitrogen and oxygen atoms in total. The zero-order chi connectivity index (χ0) is 7.49. The molecule has 0 aromatic carbocycles. The van der Waals surface area contributed by atoms with E-state index in [1.54, 1.807) is 6.92 Å². The van der Waals surface area contributed by atoms with Crippen molar-refractivity contribution in [1.82, 2.24) is 5.32 Å². The maximum atomic E-state index is 8.91. The lowest BCUT2D eigenvalue weighted by Gasteiger charge is -2.24. The highest BCUT2D eigenvalue weighted by molar-refractivity contribution is 4.71. The van der Waals surface area contributed by atoms with E-state index in [2.05, 4.69) is 5.32 Å². The summed E-state index contributed by atoms with van der Waals surface area (Å²) < 4.78 is 0. The van der Waals surface area contributed by atoms with Gasteiger partial charge in [0, 0.05) is 0 Å². The van der Waals surface area contributed by atoms with Crippen molar-refractivity contribution in [3.8, 4) is 0 Å². The summed E-state index contributed by atoms with van der Waals surface area (Å²) in [5.41, 5.74) is 0. The predicted octanol–water partition coefficient (Wildman–Crippen LogP) is -0.315. The highest BCUT2D eigenvalue weighted by Gasteiger charge is 2.22. The van der Waals surface area contributed by atoms with E-state index in [4.69, 9.17) is 10.2 Å². The van der Waals surface area contributed by atoms with Crippen LogP contribution in [0.4, 0.5) is 0 Å². The number of rotatable bonds is 3. The molecule has 9 heavy (non-hydrogen) atoms. The van der Waals surface area contributed by atoms with Crippen LogP contribution in [0, 0.1) is 0 Å². The van der Waals surface area contributed by atoms with Crippen molar-refractivity contribution in [2.24, 2.45) is 0 Å². The molecule has 56 valence electrons. The first-order chi connectivity index (χ1) is 3.98. The van der Waals surface area contributed by atoms with Crippen molar-refractivity contribution < 1.29 is 10.2 Å². The molecule has 1 unspecified atom stereocenters. The smallest absolute Gasteiger partial charge is 0.175 e. The van der Waals surface area contributed by atoms with E-state index in [0.29, 0.717) is 0 Å². The molecule has 0 aromatic rings. The first-order valence-corrected chi connectivity index (χ1v) is 3.16. The summed E-state index contributed by atoms with van der Waals surface area (Å²) in [5, 5.41) is 20.7. The second kappa shape index (κ2) is 3.15. The van der Waals surface area contributed by atoms with Crippen molar-refractivity contribution in [3.63, 3.8) is 0 Å². The van der Waals surface area contributed by atoms with Gasteiger partial charge < -0.3 is 15.5 Å². The van der Waals surface area contributed by atoms with Gasteiger partial charge in [0.25, 0.3) is 0 Å². The number of hydrogen-bond acceptors (Lipinski definition) is 3. The number of hydrogen-bond donors (Lipinski definition) is 3. The highest BCUT2D eigenvalue weighted by Crippen LogP contribution is 2.02. The van der Waals surface area contributed by atoms with Gasteiger partial charge in [0.2, 0.25) is 0 Å². The van der Waals surface area contributed by atoms with Gasteiger partial charge >= 0.3 is 0 Å². The minimum absolute atomic E-state index is 0.275. The normalized spacial score (nSPS) is 15.7. The molecular weight excluding hydrogens is 118 g/mol. The fourth-order valence-electron chi connectivity index (χ4n) is 0.500. The van der Waals surface area contributed by atoms with E-state index in [-0.39, 0.29) is 6.04 Å². The van der Waals surface area contributed by atoms with Crippen molar-refractivity contribution in [3.05, 3.63) is 0 Å². The SMILES string of the molecule is CCNC(C)C(C)(O)O. The molecule has 0 fully saturated rings. The van der Waals surface area contributed by atoms with Crippen LogP contribution in [0.15, 0.2) is 0 Å². The molecule has 1 atom stereocenters. The summed E-state index contributed by atoms with van der Waals surface area (Å²) in [7, 11) is 0. The summed E-state index contributed by atoms with van der Waals surface area (Å²) in [5.74, 6) is -1.60. The Kier molecular flexibility index (Phi) is 3.11. The number of aliphatic hydroxyl groups is 2. The van der Waals surface area contributed by atoms with Gasteiger partial charge in [-0.05, 0) is 20.4 Å². The van der Waals surface area contributed by atoms with Crippen LogP contribution in [0.3, 0.4) is 0 Å². The van der Waals surface area contributed by atoms with Gasteiger partial charge in [-0.2, -0.15) is 0 Å². The second-order valence-corrected chi connectivity index (χ2v) is 2.37. The van der Waals surface area contributed by atoms with Gasteiger partial charge in [-0.25, -0.2) is 0 Å². The Balaban J connectivity index is 3.59. The van der Waals surface area contributed by atoms with Crippen LogP contribution < -0.4 is 5.32 Å². The summed E-state index contributed by atoms with van der Waals surface area (Å²) in [4.78, 5) is 0. The van der Waals surface area contributed by atoms with Crippen molar-refractivity contribution in [2.45, 2.75) is 32.6 Å². The Morgan fingerprint density at radius 2 is 2.00 bits per heavy atom. The first kappa shape index (κ1) is 8.88. The Hall–Kier alpha value is -0.120. The maximum Gasteiger partial charge on any atom is 0.175 e. The lowest BCUT2D eigenvalue weighted by molar-refractivity contribution is -0.164. The van der Waals surface area contributed by atoms with E-state index in [1.807, 2.05) is 6.92 Å². The molecule has 3 heteroatoms. The molecular formula is C6H15NO2. The van der Waals surface area contributed by atoms with Crippen LogP contribution in [-0.2, 0) is 0 Å². The van der Waals surface area contributed by atoms with E-state index >= 15 is 0 Å². The molecule has 0 aromatic heterocycles. The molecule has 0 rings (SSSR count). The average molecular weight is 133 g/mol. The van der Waals surface area contributed by atoms with Gasteiger partial charge in [-0.3, -0.25) is 0 Å². The number of nitrogens with one attached hydrogen (secondary N) is 1. The van der Waals surface area contributed by atoms with E-state index < -0.39 is 5.79 Å². The van der Waals surface area contributed by atoms with E-state index in [0.717, 1.165) is 6.54 Å². The van der Waals surface area contributed by atoms with E-state index in [9.17, 15) is 0 Å². The van der Waals surface area contributed by atoms with Gasteiger partial charge in [0.1, 0.15) is 0 Å². The number of likely N-dealkylation sites (N-methyl/N-ethyl adjacent to an activating group) is 1. The van der Waals surface area contributed by atoms with Crippen molar-refractivity contribution >= 4 is 0 Å². The minimum Gasteiger partial charge on any atom is -0.365 e. The molecule has 0 aliphatic heterocycles. The molecule has 3 N–H and O–H groups in total. The lowest BCUT2D eigenvalue weighted by Crippen LogP contribution is -2.46. The Morgan fingerprint density at radius 3 is 2.11 bits per heavy atom. The van der Waals surface area contributed by atoms with Crippen LogP contribution in [-0.4, -0.2) is 28.6 Å². The topological polar surface area (TPSA) is 52.5 Å². The quantitative estimate of drug-likeness (QED) is 0.463. The monoisotopic (exact) mass is 133 g/mol. The summed E-state index contributed by atoms with van der Waals surface area (Å²) in [6, 6.07) is -0.275. The van der Waals surface area contributed by atoms with Crippen LogP contribution in [0.2, 0.25) is 0 Å². The minimum atomic E-state index is -1.60.